The number of benzene rings is 1. The van der Waals surface area contributed by atoms with E-state index >= 15 is 8.78 Å². The highest BCUT2D eigenvalue weighted by Crippen LogP contribution is 2.37. The van der Waals surface area contributed by atoms with E-state index in [2.05, 4.69) is 32.1 Å². The molecular formula is C20H15F3N8. The average Bonchev–Trinajstić information content (AvgIpc) is 3.44. The monoisotopic (exact) mass is 424 g/mol. The van der Waals surface area contributed by atoms with Crippen molar-refractivity contribution in [3.8, 4) is 11.3 Å². The van der Waals surface area contributed by atoms with Gasteiger partial charge >= 0.3 is 5.92 Å². The molecule has 1 aromatic carbocycles. The van der Waals surface area contributed by atoms with E-state index in [1.54, 1.807) is 36.3 Å². The van der Waals surface area contributed by atoms with Gasteiger partial charge in [-0.15, -0.1) is 16.8 Å². The highest BCUT2D eigenvalue weighted by Gasteiger charge is 2.42. The van der Waals surface area contributed by atoms with E-state index in [1.807, 2.05) is 0 Å². The summed E-state index contributed by atoms with van der Waals surface area (Å²) < 4.78 is 49.5. The van der Waals surface area contributed by atoms with Crippen LogP contribution >= 0.6 is 0 Å². The van der Waals surface area contributed by atoms with Crippen LogP contribution < -0.4 is 0 Å². The number of fused-ring (bicyclic) bond motifs is 2. The first kappa shape index (κ1) is 19.0. The van der Waals surface area contributed by atoms with Crippen molar-refractivity contribution in [1.82, 2.24) is 39.4 Å². The molecule has 0 spiro atoms. The molecule has 0 radical (unpaired) electrons. The first-order valence-electron chi connectivity index (χ1n) is 9.24. The minimum atomic E-state index is -3.79. The third-order valence-corrected chi connectivity index (χ3v) is 4.83. The van der Waals surface area contributed by atoms with Crippen LogP contribution in [0, 0.1) is 5.82 Å². The Hall–Kier alpha value is -4.02. The fourth-order valence-electron chi connectivity index (χ4n) is 3.40. The van der Waals surface area contributed by atoms with Gasteiger partial charge in [0.15, 0.2) is 5.65 Å². The number of aromatic nitrogens is 8. The summed E-state index contributed by atoms with van der Waals surface area (Å²) in [5.74, 6) is -5.66. The van der Waals surface area contributed by atoms with Gasteiger partial charge in [-0.1, -0.05) is 6.08 Å². The fraction of sp³-hybridized carbons (Fsp3) is 0.150. The summed E-state index contributed by atoms with van der Waals surface area (Å²) >= 11 is 0. The molecule has 156 valence electrons. The van der Waals surface area contributed by atoms with E-state index in [1.165, 1.54) is 16.9 Å². The second-order valence-electron chi connectivity index (χ2n) is 7.02. The molecule has 0 N–H and O–H groups in total. The number of rotatable bonds is 5. The Kier molecular flexibility index (Phi) is 4.14. The summed E-state index contributed by atoms with van der Waals surface area (Å²) in [4.78, 5) is 0. The highest BCUT2D eigenvalue weighted by atomic mass is 19.3. The second-order valence-corrected chi connectivity index (χ2v) is 7.02. The van der Waals surface area contributed by atoms with Crippen LogP contribution in [0.2, 0.25) is 0 Å². The maximum absolute atomic E-state index is 15.4. The van der Waals surface area contributed by atoms with Gasteiger partial charge in [0.25, 0.3) is 0 Å². The number of hydrogen-bond acceptors (Lipinski definition) is 5. The minimum Gasteiger partial charge on any atom is -0.275 e. The van der Waals surface area contributed by atoms with Gasteiger partial charge in [-0.3, -0.25) is 9.36 Å². The zero-order valence-corrected chi connectivity index (χ0v) is 16.2. The van der Waals surface area contributed by atoms with Crippen LogP contribution in [0.3, 0.4) is 0 Å². The lowest BCUT2D eigenvalue weighted by Gasteiger charge is -2.15. The number of aryl methyl sites for hydroxylation is 1. The molecule has 0 saturated carbocycles. The van der Waals surface area contributed by atoms with Gasteiger partial charge in [0.1, 0.15) is 5.82 Å². The molecule has 11 heteroatoms. The Balaban J connectivity index is 1.63. The lowest BCUT2D eigenvalue weighted by atomic mass is 10.0. The maximum Gasteiger partial charge on any atom is 0.336 e. The van der Waals surface area contributed by atoms with Crippen LogP contribution in [0.25, 0.3) is 27.8 Å². The Morgan fingerprint density at radius 1 is 1.13 bits per heavy atom. The molecule has 0 aliphatic heterocycles. The van der Waals surface area contributed by atoms with Gasteiger partial charge in [-0.25, -0.2) is 4.39 Å². The van der Waals surface area contributed by atoms with Gasteiger partial charge in [0, 0.05) is 36.5 Å². The maximum atomic E-state index is 15.4. The molecule has 0 aliphatic rings. The highest BCUT2D eigenvalue weighted by molar-refractivity contribution is 5.79. The number of alkyl halides is 2. The van der Waals surface area contributed by atoms with Crippen LogP contribution in [-0.4, -0.2) is 39.4 Å². The molecule has 31 heavy (non-hydrogen) atoms. The molecule has 5 rings (SSSR count). The molecule has 4 aromatic heterocycles. The lowest BCUT2D eigenvalue weighted by Crippen LogP contribution is -2.22. The Morgan fingerprint density at radius 2 is 1.97 bits per heavy atom. The van der Waals surface area contributed by atoms with Crippen LogP contribution in [-0.2, 0) is 19.5 Å². The van der Waals surface area contributed by atoms with Crippen LogP contribution in [0.5, 0.6) is 0 Å². The zero-order chi connectivity index (χ0) is 21.8. The number of allylic oxidation sites excluding steroid dienone is 1. The first-order valence-corrected chi connectivity index (χ1v) is 9.24. The average molecular weight is 424 g/mol. The molecule has 5 aromatic rings. The zero-order valence-electron chi connectivity index (χ0n) is 16.2. The third kappa shape index (κ3) is 3.05. The summed E-state index contributed by atoms with van der Waals surface area (Å²) in [6.07, 6.45) is 6.50. The predicted molar refractivity (Wildman–Crippen MR) is 106 cm³/mol. The summed E-state index contributed by atoms with van der Waals surface area (Å²) in [5.41, 5.74) is 0.577. The Morgan fingerprint density at radius 3 is 2.77 bits per heavy atom. The second kappa shape index (κ2) is 6.76. The van der Waals surface area contributed by atoms with Crippen molar-refractivity contribution in [3.63, 3.8) is 0 Å². The molecule has 0 atom stereocenters. The number of hydrogen-bond donors (Lipinski definition) is 0. The van der Waals surface area contributed by atoms with Crippen molar-refractivity contribution in [2.45, 2.75) is 12.5 Å². The summed E-state index contributed by atoms with van der Waals surface area (Å²) in [6.45, 7) is 4.14. The SMILES string of the molecule is C=CCn1cc(-c2ccc3nnc(C(F)(F)c4cc5cn(C)nc5cc4F)n3n2)cn1. The summed E-state index contributed by atoms with van der Waals surface area (Å²) in [5, 5.41) is 20.2. The van der Waals surface area contributed by atoms with Crippen LogP contribution in [0.15, 0.2) is 55.5 Å². The van der Waals surface area contributed by atoms with Crippen LogP contribution in [0.4, 0.5) is 13.2 Å². The summed E-state index contributed by atoms with van der Waals surface area (Å²) in [7, 11) is 1.63. The van der Waals surface area contributed by atoms with Gasteiger partial charge < -0.3 is 0 Å². The minimum absolute atomic E-state index is 0.111. The molecule has 0 saturated heterocycles. The molecule has 0 amide bonds. The van der Waals surface area contributed by atoms with Crippen molar-refractivity contribution in [1.29, 1.82) is 0 Å². The normalized spacial score (nSPS) is 12.1. The molecule has 0 unspecified atom stereocenters. The van der Waals surface area contributed by atoms with E-state index in [0.29, 0.717) is 23.2 Å². The molecule has 0 bridgehead atoms. The van der Waals surface area contributed by atoms with E-state index in [9.17, 15) is 4.39 Å². The number of halogens is 3. The van der Waals surface area contributed by atoms with E-state index in [4.69, 9.17) is 0 Å². The quantitative estimate of drug-likeness (QED) is 0.405. The van der Waals surface area contributed by atoms with Crippen molar-refractivity contribution in [3.05, 3.63) is 72.7 Å². The van der Waals surface area contributed by atoms with Gasteiger partial charge in [-0.05, 0) is 18.2 Å². The van der Waals surface area contributed by atoms with Gasteiger partial charge in [-0.2, -0.15) is 28.6 Å². The largest absolute Gasteiger partial charge is 0.336 e. The van der Waals surface area contributed by atoms with Crippen molar-refractivity contribution in [2.75, 3.05) is 0 Å². The van der Waals surface area contributed by atoms with Crippen molar-refractivity contribution >= 4 is 16.6 Å². The predicted octanol–water partition coefficient (Wildman–Crippen LogP) is 3.34. The molecule has 4 heterocycles. The third-order valence-electron chi connectivity index (χ3n) is 4.83. The molecule has 8 nitrogen and oxygen atoms in total. The first-order chi connectivity index (χ1) is 14.9. The summed E-state index contributed by atoms with van der Waals surface area (Å²) in [6, 6.07) is 5.19. The van der Waals surface area contributed by atoms with E-state index in [0.717, 1.165) is 16.6 Å². The molecule has 0 fully saturated rings. The van der Waals surface area contributed by atoms with E-state index < -0.39 is 23.1 Å². The lowest BCUT2D eigenvalue weighted by molar-refractivity contribution is 0.0270. The van der Waals surface area contributed by atoms with E-state index in [-0.39, 0.29) is 11.2 Å². The van der Waals surface area contributed by atoms with Gasteiger partial charge in [0.2, 0.25) is 5.82 Å². The Bertz CT molecular complexity index is 1450. The Labute approximate surface area is 173 Å². The molecule has 0 aliphatic carbocycles. The van der Waals surface area contributed by atoms with Gasteiger partial charge in [0.05, 0.1) is 29.5 Å². The topological polar surface area (TPSA) is 78.7 Å². The van der Waals surface area contributed by atoms with Crippen LogP contribution in [0.1, 0.15) is 11.4 Å². The number of nitrogens with zero attached hydrogens (tertiary/aromatic N) is 8. The van der Waals surface area contributed by atoms with Crippen molar-refractivity contribution < 1.29 is 13.2 Å². The standard InChI is InChI=1S/C20H15F3N8/c1-3-6-30-11-13(9-24-30)16-4-5-18-25-26-19(31(18)28-16)20(22,23)14-7-12-10-29(2)27-17(12)8-15(14)21/h3-5,7-11H,1,6H2,2H3. The van der Waals surface area contributed by atoms with Crippen molar-refractivity contribution in [2.24, 2.45) is 7.05 Å². The fourth-order valence-corrected chi connectivity index (χ4v) is 3.40. The molecular weight excluding hydrogens is 409 g/mol. The smallest absolute Gasteiger partial charge is 0.275 e.